The van der Waals surface area contributed by atoms with Gasteiger partial charge in [0.25, 0.3) is 0 Å². The van der Waals surface area contributed by atoms with Gasteiger partial charge >= 0.3 is 5.97 Å². The summed E-state index contributed by atoms with van der Waals surface area (Å²) in [6, 6.07) is 0. The second kappa shape index (κ2) is 5.04. The van der Waals surface area contributed by atoms with E-state index in [0.29, 0.717) is 6.54 Å². The maximum Gasteiger partial charge on any atom is 0.358 e. The fourth-order valence-electron chi connectivity index (χ4n) is 1.83. The predicted molar refractivity (Wildman–Crippen MR) is 73.0 cm³/mol. The molecule has 0 fully saturated rings. The van der Waals surface area contributed by atoms with Gasteiger partial charge in [-0.2, -0.15) is 10.2 Å². The van der Waals surface area contributed by atoms with E-state index < -0.39 is 5.97 Å². The van der Waals surface area contributed by atoms with E-state index in [1.54, 1.807) is 4.68 Å². The van der Waals surface area contributed by atoms with Crippen molar-refractivity contribution in [1.29, 1.82) is 0 Å². The van der Waals surface area contributed by atoms with Crippen LogP contribution in [0.4, 0.5) is 5.69 Å². The summed E-state index contributed by atoms with van der Waals surface area (Å²) >= 11 is 3.50. The van der Waals surface area contributed by atoms with Crippen LogP contribution in [0.15, 0.2) is 10.7 Å². The van der Waals surface area contributed by atoms with Crippen LogP contribution in [0.5, 0.6) is 0 Å². The van der Waals surface area contributed by atoms with Gasteiger partial charge in [-0.05, 0) is 22.4 Å². The molecule has 0 atom stereocenters. The van der Waals surface area contributed by atoms with Crippen LogP contribution < -0.4 is 5.73 Å². The quantitative estimate of drug-likeness (QED) is 0.881. The minimum absolute atomic E-state index is 0.131. The highest BCUT2D eigenvalue weighted by molar-refractivity contribution is 9.10. The molecule has 0 amide bonds. The van der Waals surface area contributed by atoms with Gasteiger partial charge in [-0.3, -0.25) is 9.36 Å². The number of anilines is 1. The highest BCUT2D eigenvalue weighted by atomic mass is 79.9. The van der Waals surface area contributed by atoms with E-state index in [1.165, 1.54) is 10.9 Å². The highest BCUT2D eigenvalue weighted by Crippen LogP contribution is 2.22. The third kappa shape index (κ3) is 2.48. The van der Waals surface area contributed by atoms with Crippen molar-refractivity contribution in [2.75, 3.05) is 5.73 Å². The molecule has 0 bridgehead atoms. The first-order valence-corrected chi connectivity index (χ1v) is 6.49. The number of aryl methyl sites for hydroxylation is 2. The van der Waals surface area contributed by atoms with Crippen molar-refractivity contribution in [3.05, 3.63) is 27.8 Å². The fourth-order valence-corrected chi connectivity index (χ4v) is 2.57. The molecule has 2 aromatic rings. The molecule has 0 aliphatic heterocycles. The Balaban J connectivity index is 2.34. The lowest BCUT2D eigenvalue weighted by Gasteiger charge is -2.03. The second-order valence-electron chi connectivity index (χ2n) is 4.12. The summed E-state index contributed by atoms with van der Waals surface area (Å²) in [7, 11) is 1.84. The Hall–Kier alpha value is -1.83. The normalized spacial score (nSPS) is 10.9. The molecule has 0 saturated heterocycles. The maximum atomic E-state index is 10.9. The van der Waals surface area contributed by atoms with E-state index in [0.717, 1.165) is 22.3 Å². The van der Waals surface area contributed by atoms with Crippen molar-refractivity contribution >= 4 is 27.6 Å². The Bertz CT molecular complexity index is 631. The van der Waals surface area contributed by atoms with Crippen molar-refractivity contribution in [2.24, 2.45) is 7.05 Å². The zero-order valence-corrected chi connectivity index (χ0v) is 12.2. The van der Waals surface area contributed by atoms with Crippen LogP contribution in [-0.4, -0.2) is 30.6 Å². The van der Waals surface area contributed by atoms with Gasteiger partial charge < -0.3 is 10.8 Å². The predicted octanol–water partition coefficient (Wildman–Crippen LogP) is 1.27. The number of carboxylic acids is 1. The van der Waals surface area contributed by atoms with Crippen LogP contribution in [0, 0.1) is 0 Å². The number of nitrogens with zero attached hydrogens (tertiary/aromatic N) is 4. The minimum atomic E-state index is -1.13. The Labute approximate surface area is 118 Å². The average Bonchev–Trinajstić information content (AvgIpc) is 2.84. The van der Waals surface area contributed by atoms with Crippen LogP contribution in [0.25, 0.3) is 0 Å². The molecule has 19 heavy (non-hydrogen) atoms. The topological polar surface area (TPSA) is 99.0 Å². The van der Waals surface area contributed by atoms with E-state index in [2.05, 4.69) is 26.1 Å². The SMILES string of the molecule is CCc1nn(C)c(Cn2cc(N)c(C(=O)O)n2)c1Br. The Morgan fingerprint density at radius 2 is 2.21 bits per heavy atom. The van der Waals surface area contributed by atoms with Crippen LogP contribution in [0.3, 0.4) is 0 Å². The summed E-state index contributed by atoms with van der Waals surface area (Å²) in [4.78, 5) is 10.9. The van der Waals surface area contributed by atoms with Gasteiger partial charge in [-0.25, -0.2) is 4.79 Å². The van der Waals surface area contributed by atoms with Gasteiger partial charge in [0.2, 0.25) is 0 Å². The molecule has 0 aromatic carbocycles. The van der Waals surface area contributed by atoms with Crippen molar-refractivity contribution < 1.29 is 9.90 Å². The zero-order chi connectivity index (χ0) is 14.2. The molecule has 2 aromatic heterocycles. The lowest BCUT2D eigenvalue weighted by Crippen LogP contribution is -2.08. The first-order valence-electron chi connectivity index (χ1n) is 5.70. The highest BCUT2D eigenvalue weighted by Gasteiger charge is 2.17. The molecule has 3 N–H and O–H groups in total. The number of carboxylic acid groups (broad SMARTS) is 1. The molecular formula is C11H14BrN5O2. The summed E-state index contributed by atoms with van der Waals surface area (Å²) in [5.41, 5.74) is 7.50. The molecule has 8 heteroatoms. The maximum absolute atomic E-state index is 10.9. The Morgan fingerprint density at radius 3 is 2.68 bits per heavy atom. The number of hydrogen-bond acceptors (Lipinski definition) is 4. The lowest BCUT2D eigenvalue weighted by molar-refractivity contribution is 0.0690. The fraction of sp³-hybridized carbons (Fsp3) is 0.364. The third-order valence-electron chi connectivity index (χ3n) is 2.81. The van der Waals surface area contributed by atoms with Crippen molar-refractivity contribution in [1.82, 2.24) is 19.6 Å². The molecular weight excluding hydrogens is 314 g/mol. The summed E-state index contributed by atoms with van der Waals surface area (Å²) in [6.45, 7) is 2.42. The number of rotatable bonds is 4. The molecule has 2 heterocycles. The summed E-state index contributed by atoms with van der Waals surface area (Å²) < 4.78 is 4.17. The minimum Gasteiger partial charge on any atom is -0.476 e. The largest absolute Gasteiger partial charge is 0.476 e. The number of nitrogens with two attached hydrogens (primary N) is 1. The van der Waals surface area contributed by atoms with Gasteiger partial charge in [0, 0.05) is 13.2 Å². The molecule has 7 nitrogen and oxygen atoms in total. The van der Waals surface area contributed by atoms with Crippen molar-refractivity contribution in [2.45, 2.75) is 19.9 Å². The van der Waals surface area contributed by atoms with Gasteiger partial charge in [0.1, 0.15) is 0 Å². The number of carbonyl (C=O) groups is 1. The van der Waals surface area contributed by atoms with Gasteiger partial charge in [-0.15, -0.1) is 0 Å². The van der Waals surface area contributed by atoms with E-state index in [4.69, 9.17) is 10.8 Å². The molecule has 0 spiro atoms. The number of halogens is 1. The first-order chi connectivity index (χ1) is 8.93. The summed E-state index contributed by atoms with van der Waals surface area (Å²) in [5, 5.41) is 17.2. The van der Waals surface area contributed by atoms with Gasteiger partial charge in [-0.1, -0.05) is 6.92 Å². The molecule has 102 valence electrons. The molecule has 0 saturated carbocycles. The smallest absolute Gasteiger partial charge is 0.358 e. The summed E-state index contributed by atoms with van der Waals surface area (Å²) in [5.74, 6) is -1.13. The summed E-state index contributed by atoms with van der Waals surface area (Å²) in [6.07, 6.45) is 2.32. The van der Waals surface area contributed by atoms with Crippen LogP contribution in [0.2, 0.25) is 0 Å². The van der Waals surface area contributed by atoms with Crippen LogP contribution in [0.1, 0.15) is 28.8 Å². The monoisotopic (exact) mass is 327 g/mol. The number of aromatic nitrogens is 4. The van der Waals surface area contributed by atoms with E-state index in [-0.39, 0.29) is 11.4 Å². The molecule has 0 aliphatic carbocycles. The number of aromatic carboxylic acids is 1. The van der Waals surface area contributed by atoms with Gasteiger partial charge in [0.05, 0.1) is 28.1 Å². The zero-order valence-electron chi connectivity index (χ0n) is 10.6. The third-order valence-corrected chi connectivity index (χ3v) is 3.72. The molecule has 2 rings (SSSR count). The number of hydrogen-bond donors (Lipinski definition) is 2. The molecule has 0 radical (unpaired) electrons. The van der Waals surface area contributed by atoms with Crippen molar-refractivity contribution in [3.63, 3.8) is 0 Å². The van der Waals surface area contributed by atoms with Crippen molar-refractivity contribution in [3.8, 4) is 0 Å². The Kier molecular flexibility index (Phi) is 3.61. The lowest BCUT2D eigenvalue weighted by atomic mass is 10.3. The Morgan fingerprint density at radius 1 is 1.53 bits per heavy atom. The average molecular weight is 328 g/mol. The second-order valence-corrected chi connectivity index (χ2v) is 4.91. The molecule has 0 unspecified atom stereocenters. The van der Waals surface area contributed by atoms with E-state index >= 15 is 0 Å². The standard InChI is InChI=1S/C11H14BrN5O2/c1-3-7-9(12)8(16(2)14-7)5-17-4-6(13)10(15-17)11(18)19/h4H,3,5,13H2,1-2H3,(H,18,19). The van der Waals surface area contributed by atoms with Crippen LogP contribution >= 0.6 is 15.9 Å². The van der Waals surface area contributed by atoms with Gasteiger partial charge in [0.15, 0.2) is 5.69 Å². The number of nitrogen functional groups attached to an aromatic ring is 1. The first kappa shape index (κ1) is 13.6. The molecule has 0 aliphatic rings. The van der Waals surface area contributed by atoms with E-state index in [1.807, 2.05) is 14.0 Å². The van der Waals surface area contributed by atoms with E-state index in [9.17, 15) is 4.79 Å². The van der Waals surface area contributed by atoms with Crippen LogP contribution in [-0.2, 0) is 20.0 Å².